The molecule has 0 N–H and O–H groups in total. The zero-order chi connectivity index (χ0) is 11.6. The Morgan fingerprint density at radius 1 is 1.06 bits per heavy atom. The summed E-state index contributed by atoms with van der Waals surface area (Å²) < 4.78 is 0. The predicted octanol–water partition coefficient (Wildman–Crippen LogP) is 2.89. The fourth-order valence-electron chi connectivity index (χ4n) is 1.33. The van der Waals surface area contributed by atoms with Crippen LogP contribution in [0.1, 0.15) is 25.0 Å². The number of pyridine rings is 2. The van der Waals surface area contributed by atoms with Gasteiger partial charge in [-0.15, -0.1) is 5.56 Å². The average Bonchev–Trinajstić information content (AvgIpc) is 2.41. The van der Waals surface area contributed by atoms with Crippen LogP contribution >= 0.6 is 0 Å². The maximum atomic E-state index is 3.94. The van der Waals surface area contributed by atoms with Crippen molar-refractivity contribution in [1.82, 2.24) is 9.97 Å². The standard InChI is InChI=1S/C9H12N.C5H4N.Ni/c1-3-8-5-6-10-7-9(8)4-2;1-2-4-6-5-3-1;/h5-6H,3-4H2,1-2H3;1-4H;/q2*-1;+2. The van der Waals surface area contributed by atoms with Gasteiger partial charge in [-0.3, -0.25) is 0 Å². The maximum absolute atomic E-state index is 3.94. The molecule has 2 aromatic rings. The molecule has 0 amide bonds. The Hall–Kier alpha value is -1.21. The van der Waals surface area contributed by atoms with Gasteiger partial charge < -0.3 is 9.97 Å². The van der Waals surface area contributed by atoms with Gasteiger partial charge in [0.05, 0.1) is 0 Å². The van der Waals surface area contributed by atoms with Gasteiger partial charge in [0.15, 0.2) is 0 Å². The summed E-state index contributed by atoms with van der Waals surface area (Å²) >= 11 is 0. The third-order valence-corrected chi connectivity index (χ3v) is 2.19. The Labute approximate surface area is 113 Å². The number of hydrogen-bond acceptors (Lipinski definition) is 2. The molecule has 92 valence electrons. The van der Waals surface area contributed by atoms with Gasteiger partial charge in [0, 0.05) is 0 Å². The molecular formula is C14H16N2Ni. The monoisotopic (exact) mass is 270 g/mol. The van der Waals surface area contributed by atoms with Gasteiger partial charge in [-0.05, 0) is 0 Å². The molecule has 0 radical (unpaired) electrons. The normalized spacial score (nSPS) is 8.59. The molecule has 2 rings (SSSR count). The van der Waals surface area contributed by atoms with Crippen molar-refractivity contribution in [2.24, 2.45) is 0 Å². The molecule has 0 fully saturated rings. The van der Waals surface area contributed by atoms with Crippen molar-refractivity contribution in [3.63, 3.8) is 0 Å². The van der Waals surface area contributed by atoms with E-state index in [4.69, 9.17) is 0 Å². The van der Waals surface area contributed by atoms with Crippen LogP contribution in [0.5, 0.6) is 0 Å². The molecule has 2 heterocycles. The van der Waals surface area contributed by atoms with Crippen LogP contribution < -0.4 is 0 Å². The number of hydrogen-bond donors (Lipinski definition) is 0. The fourth-order valence-corrected chi connectivity index (χ4v) is 1.33. The molecule has 0 saturated heterocycles. The molecule has 0 atom stereocenters. The van der Waals surface area contributed by atoms with Crippen molar-refractivity contribution in [3.05, 3.63) is 60.2 Å². The summed E-state index contributed by atoms with van der Waals surface area (Å²) in [6.07, 6.45) is 11.3. The summed E-state index contributed by atoms with van der Waals surface area (Å²) in [6.45, 7) is 4.29. The third kappa shape index (κ3) is 6.18. The molecule has 0 unspecified atom stereocenters. The van der Waals surface area contributed by atoms with E-state index in [1.807, 2.05) is 12.1 Å². The van der Waals surface area contributed by atoms with E-state index in [9.17, 15) is 0 Å². The summed E-state index contributed by atoms with van der Waals surface area (Å²) in [4.78, 5) is 7.60. The molecular weight excluding hydrogens is 255 g/mol. The van der Waals surface area contributed by atoms with Crippen LogP contribution in [0.2, 0.25) is 0 Å². The summed E-state index contributed by atoms with van der Waals surface area (Å²) in [7, 11) is 0. The zero-order valence-corrected chi connectivity index (χ0v) is 11.1. The second-order valence-corrected chi connectivity index (χ2v) is 3.23. The van der Waals surface area contributed by atoms with Crippen LogP contribution in [0.3, 0.4) is 0 Å². The number of aromatic nitrogens is 2. The van der Waals surface area contributed by atoms with Crippen LogP contribution in [-0.4, -0.2) is 9.97 Å². The summed E-state index contributed by atoms with van der Waals surface area (Å²) in [5.41, 5.74) is 2.63. The second kappa shape index (κ2) is 9.98. The van der Waals surface area contributed by atoms with Crippen molar-refractivity contribution in [3.8, 4) is 0 Å². The first-order valence-corrected chi connectivity index (χ1v) is 5.50. The minimum absolute atomic E-state index is 0. The molecule has 2 nitrogen and oxygen atoms in total. The van der Waals surface area contributed by atoms with E-state index in [1.165, 1.54) is 11.1 Å². The minimum Gasteiger partial charge on any atom is -0.394 e. The smallest absolute Gasteiger partial charge is 0.394 e. The summed E-state index contributed by atoms with van der Waals surface area (Å²) in [5, 5.41) is 0. The SMILES string of the molecule is CCc1[c-]nccc1CC.[Ni+2].[c-]1ccccn1. The number of aryl methyl sites for hydroxylation is 2. The Balaban J connectivity index is 0.000000316. The Morgan fingerprint density at radius 3 is 2.24 bits per heavy atom. The average molecular weight is 271 g/mol. The third-order valence-electron chi connectivity index (χ3n) is 2.19. The quantitative estimate of drug-likeness (QED) is 0.620. The van der Waals surface area contributed by atoms with E-state index >= 15 is 0 Å². The van der Waals surface area contributed by atoms with Crippen LogP contribution in [0, 0.1) is 12.4 Å². The molecule has 17 heavy (non-hydrogen) atoms. The minimum atomic E-state index is 0. The van der Waals surface area contributed by atoms with Crippen LogP contribution in [0.15, 0.2) is 36.7 Å². The Kier molecular flexibility index (Phi) is 9.27. The van der Waals surface area contributed by atoms with E-state index in [0.717, 1.165) is 12.8 Å². The molecule has 2 aromatic heterocycles. The van der Waals surface area contributed by atoms with E-state index in [-0.39, 0.29) is 16.5 Å². The maximum Gasteiger partial charge on any atom is 2.00 e. The molecule has 0 saturated carbocycles. The van der Waals surface area contributed by atoms with Crippen molar-refractivity contribution < 1.29 is 16.5 Å². The molecule has 0 bridgehead atoms. The van der Waals surface area contributed by atoms with E-state index in [1.54, 1.807) is 18.5 Å². The molecule has 0 spiro atoms. The first kappa shape index (κ1) is 15.8. The molecule has 0 aliphatic rings. The molecule has 0 aromatic carbocycles. The first-order valence-electron chi connectivity index (χ1n) is 5.50. The van der Waals surface area contributed by atoms with Gasteiger partial charge in [0.2, 0.25) is 0 Å². The van der Waals surface area contributed by atoms with Gasteiger partial charge in [0.25, 0.3) is 0 Å². The molecule has 3 heteroatoms. The molecule has 0 aliphatic heterocycles. The van der Waals surface area contributed by atoms with Crippen molar-refractivity contribution in [1.29, 1.82) is 0 Å². The van der Waals surface area contributed by atoms with Gasteiger partial charge in [-0.2, -0.15) is 29.8 Å². The van der Waals surface area contributed by atoms with E-state index in [2.05, 4.69) is 42.3 Å². The van der Waals surface area contributed by atoms with Crippen LogP contribution in [0.25, 0.3) is 0 Å². The van der Waals surface area contributed by atoms with Crippen molar-refractivity contribution >= 4 is 0 Å². The largest absolute Gasteiger partial charge is 2.00 e. The van der Waals surface area contributed by atoms with Gasteiger partial charge in [0.1, 0.15) is 0 Å². The second-order valence-electron chi connectivity index (χ2n) is 3.23. The summed E-state index contributed by atoms with van der Waals surface area (Å²) in [6, 6.07) is 7.57. The topological polar surface area (TPSA) is 25.8 Å². The predicted molar refractivity (Wildman–Crippen MR) is 64.9 cm³/mol. The zero-order valence-electron chi connectivity index (χ0n) is 10.1. The van der Waals surface area contributed by atoms with Crippen molar-refractivity contribution in [2.45, 2.75) is 26.7 Å². The number of nitrogens with zero attached hydrogens (tertiary/aromatic N) is 2. The van der Waals surface area contributed by atoms with Crippen molar-refractivity contribution in [2.75, 3.05) is 0 Å². The van der Waals surface area contributed by atoms with E-state index < -0.39 is 0 Å². The van der Waals surface area contributed by atoms with Gasteiger partial charge >= 0.3 is 16.5 Å². The molecule has 0 aliphatic carbocycles. The first-order chi connectivity index (χ1) is 7.88. The Bertz CT molecular complexity index is 341. The van der Waals surface area contributed by atoms with E-state index in [0.29, 0.717) is 0 Å². The van der Waals surface area contributed by atoms with Crippen LogP contribution in [-0.2, 0) is 29.3 Å². The summed E-state index contributed by atoms with van der Waals surface area (Å²) in [5.74, 6) is 0. The van der Waals surface area contributed by atoms with Crippen LogP contribution in [0.4, 0.5) is 0 Å². The Morgan fingerprint density at radius 2 is 1.88 bits per heavy atom. The van der Waals surface area contributed by atoms with Gasteiger partial charge in [-0.1, -0.05) is 51.5 Å². The van der Waals surface area contributed by atoms with Gasteiger partial charge in [-0.25, -0.2) is 0 Å². The number of rotatable bonds is 2. The fraction of sp³-hybridized carbons (Fsp3) is 0.286.